The molecule has 142 valence electrons. The third kappa shape index (κ3) is 4.90. The topological polar surface area (TPSA) is 27.6 Å². The van der Waals surface area contributed by atoms with Crippen molar-refractivity contribution < 1.29 is 0 Å². The molecule has 0 fully saturated rings. The molecule has 0 aliphatic heterocycles. The molecule has 0 unspecified atom stereocenters. The van der Waals surface area contributed by atoms with Gasteiger partial charge in [0.15, 0.2) is 0 Å². The van der Waals surface area contributed by atoms with Gasteiger partial charge < -0.3 is 10.3 Å². The number of anilines is 3. The normalized spacial score (nSPS) is 10.8. The summed E-state index contributed by atoms with van der Waals surface area (Å²) in [5.41, 5.74) is 8.73. The lowest BCUT2D eigenvalue weighted by atomic mass is 10.1. The summed E-state index contributed by atoms with van der Waals surface area (Å²) in [6.45, 7) is 0.714. The maximum Gasteiger partial charge on any atom is 0.0580 e. The minimum Gasteiger partial charge on any atom is -0.311 e. The first-order valence-corrected chi connectivity index (χ1v) is 9.70. The average Bonchev–Trinajstić information content (AvgIpc) is 2.80. The van der Waals surface area contributed by atoms with Crippen LogP contribution in [0.5, 0.6) is 0 Å². The summed E-state index contributed by atoms with van der Waals surface area (Å²) in [5.74, 6) is 0. The second-order valence-corrected chi connectivity index (χ2v) is 6.68. The zero-order chi connectivity index (χ0) is 19.7. The van der Waals surface area contributed by atoms with E-state index in [1.165, 1.54) is 5.56 Å². The monoisotopic (exact) mass is 377 g/mol. The predicted octanol–water partition coefficient (Wildman–Crippen LogP) is 6.28. The lowest BCUT2D eigenvalue weighted by Crippen LogP contribution is -2.09. The summed E-state index contributed by atoms with van der Waals surface area (Å²) in [6.07, 6.45) is 1.85. The summed E-state index contributed by atoms with van der Waals surface area (Å²) in [5, 5.41) is 4.34. The third-order valence-corrected chi connectivity index (χ3v) is 4.61. The molecule has 4 rings (SSSR count). The van der Waals surface area contributed by atoms with Crippen molar-refractivity contribution >= 4 is 23.3 Å². The SMILES string of the molecule is C(=NNCc1ccccc1)c1ccc(N(c2ccccc2)c2ccccc2)cc1. The van der Waals surface area contributed by atoms with E-state index >= 15 is 0 Å². The summed E-state index contributed by atoms with van der Waals surface area (Å²) < 4.78 is 0. The quantitative estimate of drug-likeness (QED) is 0.303. The Balaban J connectivity index is 1.49. The van der Waals surface area contributed by atoms with Crippen LogP contribution in [0.4, 0.5) is 17.1 Å². The summed E-state index contributed by atoms with van der Waals surface area (Å²) in [4.78, 5) is 2.24. The summed E-state index contributed by atoms with van der Waals surface area (Å²) >= 11 is 0. The maximum atomic E-state index is 4.34. The van der Waals surface area contributed by atoms with Crippen molar-refractivity contribution in [3.05, 3.63) is 126 Å². The molecule has 0 saturated heterocycles. The van der Waals surface area contributed by atoms with Crippen molar-refractivity contribution in [3.63, 3.8) is 0 Å². The van der Waals surface area contributed by atoms with Crippen LogP contribution in [0.2, 0.25) is 0 Å². The maximum absolute atomic E-state index is 4.34. The Bertz CT molecular complexity index is 988. The van der Waals surface area contributed by atoms with Crippen molar-refractivity contribution in [1.29, 1.82) is 0 Å². The van der Waals surface area contributed by atoms with Gasteiger partial charge in [0, 0.05) is 17.1 Å². The van der Waals surface area contributed by atoms with E-state index < -0.39 is 0 Å². The van der Waals surface area contributed by atoms with Crippen LogP contribution in [0.15, 0.2) is 120 Å². The molecule has 0 spiro atoms. The minimum atomic E-state index is 0.714. The van der Waals surface area contributed by atoms with Crippen LogP contribution in [0.25, 0.3) is 0 Å². The largest absolute Gasteiger partial charge is 0.311 e. The van der Waals surface area contributed by atoms with Crippen LogP contribution in [0.1, 0.15) is 11.1 Å². The van der Waals surface area contributed by atoms with E-state index in [1.54, 1.807) is 0 Å². The fourth-order valence-corrected chi connectivity index (χ4v) is 3.16. The molecule has 1 N–H and O–H groups in total. The van der Waals surface area contributed by atoms with Gasteiger partial charge >= 0.3 is 0 Å². The number of hydrogen-bond acceptors (Lipinski definition) is 3. The van der Waals surface area contributed by atoms with Crippen LogP contribution in [-0.4, -0.2) is 6.21 Å². The highest BCUT2D eigenvalue weighted by molar-refractivity contribution is 5.82. The molecule has 0 aromatic heterocycles. The van der Waals surface area contributed by atoms with Gasteiger partial charge in [0.05, 0.1) is 12.8 Å². The van der Waals surface area contributed by atoms with Gasteiger partial charge in [0.2, 0.25) is 0 Å². The van der Waals surface area contributed by atoms with Gasteiger partial charge in [-0.2, -0.15) is 5.10 Å². The van der Waals surface area contributed by atoms with Crippen molar-refractivity contribution in [2.75, 3.05) is 4.90 Å². The molecular weight excluding hydrogens is 354 g/mol. The van der Waals surface area contributed by atoms with Crippen LogP contribution < -0.4 is 10.3 Å². The van der Waals surface area contributed by atoms with Crippen molar-refractivity contribution in [3.8, 4) is 0 Å². The van der Waals surface area contributed by atoms with Crippen molar-refractivity contribution in [2.24, 2.45) is 5.10 Å². The fraction of sp³-hybridized carbons (Fsp3) is 0.0385. The van der Waals surface area contributed by atoms with E-state index in [1.807, 2.05) is 36.5 Å². The van der Waals surface area contributed by atoms with Gasteiger partial charge in [-0.3, -0.25) is 0 Å². The zero-order valence-electron chi connectivity index (χ0n) is 16.1. The second-order valence-electron chi connectivity index (χ2n) is 6.68. The number of benzene rings is 4. The lowest BCUT2D eigenvalue weighted by Gasteiger charge is -2.25. The standard InChI is InChI=1S/C26H23N3/c1-4-10-22(11-5-1)20-27-28-21-23-16-18-26(19-17-23)29(24-12-6-2-7-13-24)25-14-8-3-9-15-25/h1-19,21,27H,20H2. The van der Waals surface area contributed by atoms with Crippen molar-refractivity contribution in [1.82, 2.24) is 5.43 Å². The molecular formula is C26H23N3. The second kappa shape index (κ2) is 9.38. The van der Waals surface area contributed by atoms with E-state index in [4.69, 9.17) is 0 Å². The van der Waals surface area contributed by atoms with Crippen molar-refractivity contribution in [2.45, 2.75) is 6.54 Å². The number of nitrogens with zero attached hydrogens (tertiary/aromatic N) is 2. The molecule has 0 amide bonds. The molecule has 0 heterocycles. The van der Waals surface area contributed by atoms with Crippen LogP contribution in [0.3, 0.4) is 0 Å². The highest BCUT2D eigenvalue weighted by Gasteiger charge is 2.11. The summed E-state index contributed by atoms with van der Waals surface area (Å²) in [6, 6.07) is 39.5. The van der Waals surface area contributed by atoms with Gasteiger partial charge in [-0.1, -0.05) is 78.9 Å². The predicted molar refractivity (Wildman–Crippen MR) is 122 cm³/mol. The van der Waals surface area contributed by atoms with Gasteiger partial charge in [0.1, 0.15) is 0 Å². The van der Waals surface area contributed by atoms with Gasteiger partial charge in [-0.25, -0.2) is 0 Å². The Morgan fingerprint density at radius 3 is 1.62 bits per heavy atom. The number of rotatable bonds is 7. The van der Waals surface area contributed by atoms with E-state index in [9.17, 15) is 0 Å². The first-order chi connectivity index (χ1) is 14.4. The number of nitrogens with one attached hydrogen (secondary N) is 1. The van der Waals surface area contributed by atoms with E-state index in [0.717, 1.165) is 22.6 Å². The van der Waals surface area contributed by atoms with Crippen LogP contribution in [0, 0.1) is 0 Å². The Kier molecular flexibility index (Phi) is 5.99. The van der Waals surface area contributed by atoms with E-state index in [-0.39, 0.29) is 0 Å². The number of hydrogen-bond donors (Lipinski definition) is 1. The molecule has 0 radical (unpaired) electrons. The average molecular weight is 377 g/mol. The Labute approximate surface area is 172 Å². The third-order valence-electron chi connectivity index (χ3n) is 4.61. The molecule has 0 aliphatic rings. The highest BCUT2D eigenvalue weighted by atomic mass is 15.3. The molecule has 0 aliphatic carbocycles. The molecule has 0 atom stereocenters. The molecule has 0 bridgehead atoms. The Hall–Kier alpha value is -3.85. The molecule has 4 aromatic carbocycles. The molecule has 4 aromatic rings. The van der Waals surface area contributed by atoms with Gasteiger partial charge in [0.25, 0.3) is 0 Å². The number of hydrazone groups is 1. The summed E-state index contributed by atoms with van der Waals surface area (Å²) in [7, 11) is 0. The van der Waals surface area contributed by atoms with E-state index in [2.05, 4.69) is 100 Å². The van der Waals surface area contributed by atoms with E-state index in [0.29, 0.717) is 6.54 Å². The smallest absolute Gasteiger partial charge is 0.0580 e. The number of para-hydroxylation sites is 2. The molecule has 3 nitrogen and oxygen atoms in total. The highest BCUT2D eigenvalue weighted by Crippen LogP contribution is 2.33. The first kappa shape index (κ1) is 18.5. The molecule has 3 heteroatoms. The zero-order valence-corrected chi connectivity index (χ0v) is 16.1. The lowest BCUT2D eigenvalue weighted by molar-refractivity contribution is 0.748. The fourth-order valence-electron chi connectivity index (χ4n) is 3.16. The first-order valence-electron chi connectivity index (χ1n) is 9.70. The minimum absolute atomic E-state index is 0.714. The van der Waals surface area contributed by atoms with Gasteiger partial charge in [-0.15, -0.1) is 0 Å². The Morgan fingerprint density at radius 2 is 1.07 bits per heavy atom. The Morgan fingerprint density at radius 1 is 0.586 bits per heavy atom. The molecule has 0 saturated carbocycles. The van der Waals surface area contributed by atoms with Gasteiger partial charge in [-0.05, 0) is 47.5 Å². The molecule has 29 heavy (non-hydrogen) atoms. The van der Waals surface area contributed by atoms with Crippen LogP contribution in [-0.2, 0) is 6.54 Å². The van der Waals surface area contributed by atoms with Crippen LogP contribution >= 0.6 is 0 Å².